The standard InChI is InChI=1S/C16H16Cl2N2O2S/c1-21-13-6-12(7-14(8-13)22-2)20-16(23)19-9-10-3-4-11(17)5-15(10)18/h3-8H,9H2,1-2H3,(H2,19,20,23). The van der Waals surface area contributed by atoms with Gasteiger partial charge in [0.05, 0.1) is 14.2 Å². The zero-order valence-electron chi connectivity index (χ0n) is 12.7. The number of anilines is 1. The van der Waals surface area contributed by atoms with Crippen LogP contribution in [0.15, 0.2) is 36.4 Å². The first kappa shape index (κ1) is 17.7. The molecule has 0 saturated heterocycles. The van der Waals surface area contributed by atoms with E-state index in [-0.39, 0.29) is 0 Å². The molecule has 7 heteroatoms. The summed E-state index contributed by atoms with van der Waals surface area (Å²) in [5, 5.41) is 7.83. The quantitative estimate of drug-likeness (QED) is 0.758. The number of benzene rings is 2. The second kappa shape index (κ2) is 8.24. The number of nitrogens with one attached hydrogen (secondary N) is 2. The molecule has 0 spiro atoms. The van der Waals surface area contributed by atoms with Crippen LogP contribution in [0.3, 0.4) is 0 Å². The summed E-state index contributed by atoms with van der Waals surface area (Å²) in [6.45, 7) is 0.489. The minimum absolute atomic E-state index is 0.464. The molecule has 0 amide bonds. The van der Waals surface area contributed by atoms with Crippen molar-refractivity contribution in [2.45, 2.75) is 6.54 Å². The predicted molar refractivity (Wildman–Crippen MR) is 99.1 cm³/mol. The molecular weight excluding hydrogens is 355 g/mol. The van der Waals surface area contributed by atoms with Crippen LogP contribution >= 0.6 is 35.4 Å². The van der Waals surface area contributed by atoms with Crippen molar-refractivity contribution in [1.82, 2.24) is 5.32 Å². The highest BCUT2D eigenvalue weighted by atomic mass is 35.5. The van der Waals surface area contributed by atoms with E-state index in [1.807, 2.05) is 18.2 Å². The number of hydrogen-bond acceptors (Lipinski definition) is 3. The van der Waals surface area contributed by atoms with Crippen LogP contribution in [0.4, 0.5) is 5.69 Å². The van der Waals surface area contributed by atoms with Gasteiger partial charge in [0.15, 0.2) is 5.11 Å². The summed E-state index contributed by atoms with van der Waals surface area (Å²) < 4.78 is 10.4. The number of halogens is 2. The monoisotopic (exact) mass is 370 g/mol. The number of ether oxygens (including phenoxy) is 2. The fourth-order valence-electron chi connectivity index (χ4n) is 1.90. The minimum Gasteiger partial charge on any atom is -0.497 e. The van der Waals surface area contributed by atoms with Gasteiger partial charge in [-0.15, -0.1) is 0 Å². The van der Waals surface area contributed by atoms with Gasteiger partial charge in [0, 0.05) is 40.5 Å². The lowest BCUT2D eigenvalue weighted by molar-refractivity contribution is 0.395. The maximum Gasteiger partial charge on any atom is 0.171 e. The largest absolute Gasteiger partial charge is 0.497 e. The second-order valence-electron chi connectivity index (χ2n) is 4.64. The first-order valence-electron chi connectivity index (χ1n) is 6.73. The molecule has 2 rings (SSSR count). The van der Waals surface area contributed by atoms with E-state index in [9.17, 15) is 0 Å². The Morgan fingerprint density at radius 2 is 1.70 bits per heavy atom. The number of rotatable bonds is 5. The second-order valence-corrected chi connectivity index (χ2v) is 5.90. The highest BCUT2D eigenvalue weighted by Gasteiger charge is 2.05. The van der Waals surface area contributed by atoms with Crippen LogP contribution in [-0.2, 0) is 6.54 Å². The third-order valence-corrected chi connectivity index (χ3v) is 3.90. The van der Waals surface area contributed by atoms with Gasteiger partial charge in [-0.3, -0.25) is 0 Å². The Morgan fingerprint density at radius 3 is 2.26 bits per heavy atom. The summed E-state index contributed by atoms with van der Waals surface area (Å²) in [6.07, 6.45) is 0. The van der Waals surface area contributed by atoms with Crippen LogP contribution in [-0.4, -0.2) is 19.3 Å². The van der Waals surface area contributed by atoms with Crippen LogP contribution in [0, 0.1) is 0 Å². The van der Waals surface area contributed by atoms with Gasteiger partial charge in [0.2, 0.25) is 0 Å². The van der Waals surface area contributed by atoms with Crippen molar-refractivity contribution in [3.8, 4) is 11.5 Å². The summed E-state index contributed by atoms with van der Waals surface area (Å²) in [4.78, 5) is 0. The van der Waals surface area contributed by atoms with E-state index >= 15 is 0 Å². The van der Waals surface area contributed by atoms with Crippen molar-refractivity contribution in [1.29, 1.82) is 0 Å². The lowest BCUT2D eigenvalue weighted by Crippen LogP contribution is -2.28. The average Bonchev–Trinajstić information content (AvgIpc) is 2.53. The van der Waals surface area contributed by atoms with Crippen molar-refractivity contribution >= 4 is 46.2 Å². The molecule has 0 atom stereocenters. The summed E-state index contributed by atoms with van der Waals surface area (Å²) in [7, 11) is 3.19. The van der Waals surface area contributed by atoms with E-state index < -0.39 is 0 Å². The smallest absolute Gasteiger partial charge is 0.171 e. The van der Waals surface area contributed by atoms with Crippen molar-refractivity contribution < 1.29 is 9.47 Å². The highest BCUT2D eigenvalue weighted by Crippen LogP contribution is 2.26. The van der Waals surface area contributed by atoms with Gasteiger partial charge in [-0.25, -0.2) is 0 Å². The summed E-state index contributed by atoms with van der Waals surface area (Å²) in [5.41, 5.74) is 1.67. The normalized spacial score (nSPS) is 10.1. The fraction of sp³-hybridized carbons (Fsp3) is 0.188. The lowest BCUT2D eigenvalue weighted by Gasteiger charge is -2.13. The molecule has 2 aromatic rings. The summed E-state index contributed by atoms with van der Waals surface area (Å²) >= 11 is 17.3. The van der Waals surface area contributed by atoms with Crippen LogP contribution in [0.1, 0.15) is 5.56 Å². The first-order chi connectivity index (χ1) is 11.0. The van der Waals surface area contributed by atoms with E-state index in [1.165, 1.54) is 0 Å². The number of hydrogen-bond donors (Lipinski definition) is 2. The highest BCUT2D eigenvalue weighted by molar-refractivity contribution is 7.80. The molecule has 23 heavy (non-hydrogen) atoms. The van der Waals surface area contributed by atoms with Gasteiger partial charge in [-0.2, -0.15) is 0 Å². The molecule has 2 aromatic carbocycles. The minimum atomic E-state index is 0.464. The van der Waals surface area contributed by atoms with Gasteiger partial charge >= 0.3 is 0 Å². The Labute approximate surface area is 150 Å². The van der Waals surface area contributed by atoms with Crippen LogP contribution in [0.25, 0.3) is 0 Å². The molecule has 0 fully saturated rings. The van der Waals surface area contributed by atoms with Crippen LogP contribution in [0.5, 0.6) is 11.5 Å². The van der Waals surface area contributed by atoms with Gasteiger partial charge in [0.1, 0.15) is 11.5 Å². The Bertz CT molecular complexity index is 688. The Morgan fingerprint density at radius 1 is 1.04 bits per heavy atom. The van der Waals surface area contributed by atoms with E-state index in [1.54, 1.807) is 32.4 Å². The maximum atomic E-state index is 6.13. The fourth-order valence-corrected chi connectivity index (χ4v) is 2.56. The molecule has 0 saturated carbocycles. The Balaban J connectivity index is 1.99. The van der Waals surface area contributed by atoms with Crippen LogP contribution < -0.4 is 20.1 Å². The molecule has 0 aliphatic heterocycles. The Kier molecular flexibility index (Phi) is 6.33. The molecule has 4 nitrogen and oxygen atoms in total. The zero-order chi connectivity index (χ0) is 16.8. The van der Waals surface area contributed by atoms with Gasteiger partial charge < -0.3 is 20.1 Å². The van der Waals surface area contributed by atoms with Crippen molar-refractivity contribution in [3.63, 3.8) is 0 Å². The zero-order valence-corrected chi connectivity index (χ0v) is 15.0. The summed E-state index contributed by atoms with van der Waals surface area (Å²) in [6, 6.07) is 10.8. The van der Waals surface area contributed by atoms with E-state index in [0.29, 0.717) is 33.2 Å². The molecule has 0 aliphatic carbocycles. The molecule has 0 bridgehead atoms. The first-order valence-corrected chi connectivity index (χ1v) is 7.90. The molecule has 122 valence electrons. The molecule has 0 unspecified atom stereocenters. The number of thiocarbonyl (C=S) groups is 1. The topological polar surface area (TPSA) is 42.5 Å². The van der Waals surface area contributed by atoms with Gasteiger partial charge in [0.25, 0.3) is 0 Å². The van der Waals surface area contributed by atoms with Crippen molar-refractivity contribution in [2.75, 3.05) is 19.5 Å². The lowest BCUT2D eigenvalue weighted by atomic mass is 10.2. The number of methoxy groups -OCH3 is 2. The molecule has 2 N–H and O–H groups in total. The average molecular weight is 371 g/mol. The third kappa shape index (κ3) is 5.16. The van der Waals surface area contributed by atoms with Crippen molar-refractivity contribution in [3.05, 3.63) is 52.0 Å². The van der Waals surface area contributed by atoms with E-state index in [0.717, 1.165) is 11.3 Å². The van der Waals surface area contributed by atoms with E-state index in [4.69, 9.17) is 44.9 Å². The summed E-state index contributed by atoms with van der Waals surface area (Å²) in [5.74, 6) is 1.35. The molecule has 0 radical (unpaired) electrons. The van der Waals surface area contributed by atoms with E-state index in [2.05, 4.69) is 10.6 Å². The maximum absolute atomic E-state index is 6.13. The Hall–Kier alpha value is -1.69. The SMILES string of the molecule is COc1cc(NC(=S)NCc2ccc(Cl)cc2Cl)cc(OC)c1. The third-order valence-electron chi connectivity index (χ3n) is 3.06. The van der Waals surface area contributed by atoms with Gasteiger partial charge in [-0.1, -0.05) is 29.3 Å². The predicted octanol–water partition coefficient (Wildman–Crippen LogP) is 4.50. The van der Waals surface area contributed by atoms with Crippen LogP contribution in [0.2, 0.25) is 10.0 Å². The molecular formula is C16H16Cl2N2O2S. The molecule has 0 aromatic heterocycles. The molecule has 0 aliphatic rings. The van der Waals surface area contributed by atoms with Crippen molar-refractivity contribution in [2.24, 2.45) is 0 Å². The molecule has 0 heterocycles. The van der Waals surface area contributed by atoms with Gasteiger partial charge in [-0.05, 0) is 29.9 Å².